The number of primary amides is 1. The van der Waals surface area contributed by atoms with Crippen molar-refractivity contribution in [1.29, 1.82) is 0 Å². The van der Waals surface area contributed by atoms with Crippen molar-refractivity contribution >= 4 is 11.9 Å². The number of esters is 1. The largest absolute Gasteiger partial charge is 0.449 e. The van der Waals surface area contributed by atoms with Gasteiger partial charge in [0, 0.05) is 11.8 Å². The molecule has 2 aromatic carbocycles. The molecule has 26 heavy (non-hydrogen) atoms. The van der Waals surface area contributed by atoms with E-state index < -0.39 is 18.0 Å². The smallest absolute Gasteiger partial charge is 0.342 e. The number of rotatable bonds is 5. The van der Waals surface area contributed by atoms with Crippen molar-refractivity contribution in [2.45, 2.75) is 20.0 Å². The van der Waals surface area contributed by atoms with Crippen molar-refractivity contribution in [1.82, 2.24) is 9.78 Å². The number of para-hydroxylation sites is 1. The zero-order chi connectivity index (χ0) is 18.7. The van der Waals surface area contributed by atoms with E-state index in [-0.39, 0.29) is 5.56 Å². The van der Waals surface area contributed by atoms with E-state index in [0.717, 1.165) is 16.8 Å². The highest BCUT2D eigenvalue weighted by molar-refractivity contribution is 5.97. The molecule has 1 atom stereocenters. The summed E-state index contributed by atoms with van der Waals surface area (Å²) in [5, 5.41) is 4.56. The Morgan fingerprint density at radius 3 is 2.50 bits per heavy atom. The van der Waals surface area contributed by atoms with Gasteiger partial charge >= 0.3 is 5.97 Å². The van der Waals surface area contributed by atoms with E-state index in [2.05, 4.69) is 5.10 Å². The van der Waals surface area contributed by atoms with Crippen LogP contribution in [0.25, 0.3) is 16.9 Å². The predicted octanol–water partition coefficient (Wildman–Crippen LogP) is 2.88. The number of carbonyl (C=O) groups excluding carboxylic acids is 2. The number of nitrogens with two attached hydrogens (primary N) is 1. The lowest BCUT2D eigenvalue weighted by molar-refractivity contribution is -0.125. The lowest BCUT2D eigenvalue weighted by Gasteiger charge is -2.09. The summed E-state index contributed by atoms with van der Waals surface area (Å²) in [6.45, 7) is 3.40. The summed E-state index contributed by atoms with van der Waals surface area (Å²) in [4.78, 5) is 23.8. The van der Waals surface area contributed by atoms with Crippen LogP contribution in [0.5, 0.6) is 0 Å². The van der Waals surface area contributed by atoms with E-state index in [4.69, 9.17) is 10.5 Å². The molecular formula is C20H19N3O3. The molecule has 3 rings (SSSR count). The Morgan fingerprint density at radius 2 is 1.85 bits per heavy atom. The van der Waals surface area contributed by atoms with Crippen LogP contribution in [-0.2, 0) is 9.53 Å². The second-order valence-electron chi connectivity index (χ2n) is 5.99. The Kier molecular flexibility index (Phi) is 4.84. The molecule has 1 amide bonds. The summed E-state index contributed by atoms with van der Waals surface area (Å²) in [5.41, 5.74) is 8.59. The van der Waals surface area contributed by atoms with Gasteiger partial charge < -0.3 is 10.5 Å². The number of hydrogen-bond donors (Lipinski definition) is 1. The first-order chi connectivity index (χ1) is 12.5. The van der Waals surface area contributed by atoms with Crippen LogP contribution in [-0.4, -0.2) is 27.8 Å². The SMILES string of the molecule is Cc1cccc(-c2nn(-c3ccccc3)cc2C(=O)O[C@H](C)C(N)=O)c1. The Balaban J connectivity index is 2.07. The molecule has 2 N–H and O–H groups in total. The quantitative estimate of drug-likeness (QED) is 0.718. The molecule has 0 spiro atoms. The summed E-state index contributed by atoms with van der Waals surface area (Å²) < 4.78 is 6.79. The summed E-state index contributed by atoms with van der Waals surface area (Å²) in [7, 11) is 0. The summed E-state index contributed by atoms with van der Waals surface area (Å²) in [6, 6.07) is 17.1. The molecule has 0 aliphatic heterocycles. The van der Waals surface area contributed by atoms with Crippen LogP contribution < -0.4 is 5.73 Å². The first-order valence-corrected chi connectivity index (χ1v) is 8.18. The molecule has 0 saturated carbocycles. The maximum Gasteiger partial charge on any atom is 0.342 e. The number of carbonyl (C=O) groups is 2. The normalized spacial score (nSPS) is 11.8. The third kappa shape index (κ3) is 3.64. The zero-order valence-corrected chi connectivity index (χ0v) is 14.5. The molecule has 0 saturated heterocycles. The highest BCUT2D eigenvalue weighted by Gasteiger charge is 2.23. The van der Waals surface area contributed by atoms with Gasteiger partial charge in [-0.15, -0.1) is 0 Å². The van der Waals surface area contributed by atoms with Crippen molar-refractivity contribution in [3.8, 4) is 16.9 Å². The number of benzene rings is 2. The van der Waals surface area contributed by atoms with Crippen LogP contribution in [0.2, 0.25) is 0 Å². The fourth-order valence-corrected chi connectivity index (χ4v) is 2.52. The van der Waals surface area contributed by atoms with Gasteiger partial charge in [0.05, 0.1) is 5.69 Å². The molecule has 0 aliphatic carbocycles. The van der Waals surface area contributed by atoms with E-state index in [1.165, 1.54) is 6.92 Å². The summed E-state index contributed by atoms with van der Waals surface area (Å²) >= 11 is 0. The van der Waals surface area contributed by atoms with Gasteiger partial charge in [0.2, 0.25) is 0 Å². The molecular weight excluding hydrogens is 330 g/mol. The monoisotopic (exact) mass is 349 g/mol. The van der Waals surface area contributed by atoms with E-state index in [0.29, 0.717) is 5.69 Å². The molecule has 6 heteroatoms. The second-order valence-corrected chi connectivity index (χ2v) is 5.99. The van der Waals surface area contributed by atoms with Gasteiger partial charge in [0.25, 0.3) is 5.91 Å². The lowest BCUT2D eigenvalue weighted by Crippen LogP contribution is -2.30. The Hall–Kier alpha value is -3.41. The van der Waals surface area contributed by atoms with Crippen LogP contribution in [0.4, 0.5) is 0 Å². The minimum Gasteiger partial charge on any atom is -0.449 e. The zero-order valence-electron chi connectivity index (χ0n) is 14.5. The fraction of sp³-hybridized carbons (Fsp3) is 0.150. The molecule has 132 valence electrons. The number of hydrogen-bond acceptors (Lipinski definition) is 4. The van der Waals surface area contributed by atoms with E-state index in [1.807, 2.05) is 61.5 Å². The predicted molar refractivity (Wildman–Crippen MR) is 97.8 cm³/mol. The van der Waals surface area contributed by atoms with Gasteiger partial charge in [-0.25, -0.2) is 9.48 Å². The van der Waals surface area contributed by atoms with Crippen LogP contribution in [0, 0.1) is 6.92 Å². The summed E-state index contributed by atoms with van der Waals surface area (Å²) in [5.74, 6) is -1.35. The highest BCUT2D eigenvalue weighted by atomic mass is 16.5. The topological polar surface area (TPSA) is 87.2 Å². The van der Waals surface area contributed by atoms with Gasteiger partial charge in [-0.2, -0.15) is 5.10 Å². The van der Waals surface area contributed by atoms with E-state index >= 15 is 0 Å². The van der Waals surface area contributed by atoms with Crippen molar-refractivity contribution in [2.24, 2.45) is 5.73 Å². The van der Waals surface area contributed by atoms with Crippen molar-refractivity contribution in [2.75, 3.05) is 0 Å². The molecule has 0 aliphatic rings. The Morgan fingerprint density at radius 1 is 1.12 bits per heavy atom. The van der Waals surface area contributed by atoms with Gasteiger partial charge in [-0.05, 0) is 32.0 Å². The van der Waals surface area contributed by atoms with Crippen molar-refractivity contribution in [3.05, 3.63) is 71.9 Å². The number of aryl methyl sites for hydroxylation is 1. The Labute approximate surface area is 151 Å². The van der Waals surface area contributed by atoms with Gasteiger partial charge in [-0.3, -0.25) is 4.79 Å². The number of nitrogens with zero attached hydrogens (tertiary/aromatic N) is 2. The molecule has 0 bridgehead atoms. The Bertz CT molecular complexity index is 948. The van der Waals surface area contributed by atoms with Crippen molar-refractivity contribution < 1.29 is 14.3 Å². The molecule has 0 radical (unpaired) electrons. The molecule has 0 unspecified atom stereocenters. The maximum atomic E-state index is 12.6. The minimum absolute atomic E-state index is 0.271. The van der Waals surface area contributed by atoms with Gasteiger partial charge in [0.15, 0.2) is 6.10 Å². The molecule has 1 heterocycles. The number of amides is 1. The first-order valence-electron chi connectivity index (χ1n) is 8.18. The third-order valence-electron chi connectivity index (χ3n) is 3.93. The molecule has 3 aromatic rings. The molecule has 0 fully saturated rings. The maximum absolute atomic E-state index is 12.6. The second kappa shape index (κ2) is 7.23. The summed E-state index contributed by atoms with van der Waals surface area (Å²) in [6.07, 6.45) is 0.580. The molecule has 1 aromatic heterocycles. The van der Waals surface area contributed by atoms with Crippen molar-refractivity contribution in [3.63, 3.8) is 0 Å². The standard InChI is InChI=1S/C20H19N3O3/c1-13-7-6-8-15(11-13)18-17(20(25)26-14(2)19(21)24)12-23(22-18)16-9-4-3-5-10-16/h3-12,14H,1-2H3,(H2,21,24)/t14-/m1/s1. The average Bonchev–Trinajstić information content (AvgIpc) is 3.08. The van der Waals surface area contributed by atoms with Gasteiger partial charge in [-0.1, -0.05) is 42.0 Å². The lowest BCUT2D eigenvalue weighted by atomic mass is 10.1. The van der Waals surface area contributed by atoms with E-state index in [9.17, 15) is 9.59 Å². The highest BCUT2D eigenvalue weighted by Crippen LogP contribution is 2.25. The van der Waals surface area contributed by atoms with Crippen LogP contribution >= 0.6 is 0 Å². The third-order valence-corrected chi connectivity index (χ3v) is 3.93. The van der Waals surface area contributed by atoms with Gasteiger partial charge in [0.1, 0.15) is 11.3 Å². The fourth-order valence-electron chi connectivity index (χ4n) is 2.52. The van der Waals surface area contributed by atoms with Crippen LogP contribution in [0.3, 0.4) is 0 Å². The minimum atomic E-state index is -1.02. The van der Waals surface area contributed by atoms with Crippen LogP contribution in [0.1, 0.15) is 22.8 Å². The van der Waals surface area contributed by atoms with Crippen LogP contribution in [0.15, 0.2) is 60.8 Å². The first kappa shape index (κ1) is 17.4. The number of ether oxygens (including phenoxy) is 1. The van der Waals surface area contributed by atoms with E-state index in [1.54, 1.807) is 10.9 Å². The molecule has 6 nitrogen and oxygen atoms in total. The average molecular weight is 349 g/mol. The number of aromatic nitrogens is 2.